The molecule has 0 saturated carbocycles. The first-order valence-corrected chi connectivity index (χ1v) is 8.11. The highest BCUT2D eigenvalue weighted by Gasteiger charge is 2.16. The number of benzene rings is 2. The summed E-state index contributed by atoms with van der Waals surface area (Å²) < 4.78 is 15.9. The Labute approximate surface area is 144 Å². The SMILES string of the molecule is COc1ccc(-c2nc(N)sc2-c2ccc(OC)c(OC)c2)cc1. The Hall–Kier alpha value is -2.73. The zero-order valence-electron chi connectivity index (χ0n) is 13.7. The van der Waals surface area contributed by atoms with Gasteiger partial charge in [0.05, 0.1) is 31.9 Å². The second kappa shape index (κ2) is 6.80. The molecule has 0 aliphatic rings. The van der Waals surface area contributed by atoms with Crippen LogP contribution < -0.4 is 19.9 Å². The fourth-order valence-electron chi connectivity index (χ4n) is 2.45. The van der Waals surface area contributed by atoms with E-state index in [1.807, 2.05) is 42.5 Å². The molecule has 24 heavy (non-hydrogen) atoms. The summed E-state index contributed by atoms with van der Waals surface area (Å²) in [5, 5.41) is 0.519. The Bertz CT molecular complexity index is 844. The van der Waals surface area contributed by atoms with Crippen LogP contribution in [0.15, 0.2) is 42.5 Å². The molecule has 0 atom stereocenters. The van der Waals surface area contributed by atoms with Gasteiger partial charge in [-0.2, -0.15) is 0 Å². The lowest BCUT2D eigenvalue weighted by Gasteiger charge is -2.10. The standard InChI is InChI=1S/C18H18N2O3S/c1-21-13-7-4-11(5-8-13)16-17(24-18(19)20-16)12-6-9-14(22-2)15(10-12)23-3/h4-10H,1-3H3,(H2,19,20). The smallest absolute Gasteiger partial charge is 0.181 e. The van der Waals surface area contributed by atoms with Crippen LogP contribution in [0.3, 0.4) is 0 Å². The van der Waals surface area contributed by atoms with Gasteiger partial charge in [-0.3, -0.25) is 0 Å². The quantitative estimate of drug-likeness (QED) is 0.756. The molecule has 2 aromatic carbocycles. The van der Waals surface area contributed by atoms with Gasteiger partial charge in [0.1, 0.15) is 5.75 Å². The maximum atomic E-state index is 5.96. The minimum absolute atomic E-state index is 0.519. The van der Waals surface area contributed by atoms with Crippen molar-refractivity contribution in [3.63, 3.8) is 0 Å². The molecule has 5 nitrogen and oxygen atoms in total. The molecule has 0 bridgehead atoms. The van der Waals surface area contributed by atoms with Crippen molar-refractivity contribution in [1.82, 2.24) is 4.98 Å². The number of nitrogens with two attached hydrogens (primary N) is 1. The molecule has 6 heteroatoms. The lowest BCUT2D eigenvalue weighted by atomic mass is 10.1. The van der Waals surface area contributed by atoms with Crippen LogP contribution in [0.4, 0.5) is 5.13 Å². The Balaban J connectivity index is 2.09. The molecule has 0 amide bonds. The number of aromatic nitrogens is 1. The zero-order valence-corrected chi connectivity index (χ0v) is 14.5. The van der Waals surface area contributed by atoms with E-state index >= 15 is 0 Å². The predicted molar refractivity (Wildman–Crippen MR) is 97.1 cm³/mol. The van der Waals surface area contributed by atoms with Crippen molar-refractivity contribution < 1.29 is 14.2 Å². The van der Waals surface area contributed by atoms with E-state index in [1.54, 1.807) is 21.3 Å². The van der Waals surface area contributed by atoms with Crippen LogP contribution >= 0.6 is 11.3 Å². The number of hydrogen-bond acceptors (Lipinski definition) is 6. The van der Waals surface area contributed by atoms with E-state index in [1.165, 1.54) is 11.3 Å². The summed E-state index contributed by atoms with van der Waals surface area (Å²) in [6.45, 7) is 0. The van der Waals surface area contributed by atoms with Crippen molar-refractivity contribution in [3.8, 4) is 38.9 Å². The lowest BCUT2D eigenvalue weighted by Crippen LogP contribution is -1.91. The van der Waals surface area contributed by atoms with Gasteiger partial charge >= 0.3 is 0 Å². The number of thiazole rings is 1. The summed E-state index contributed by atoms with van der Waals surface area (Å²) in [7, 11) is 4.88. The van der Waals surface area contributed by atoms with E-state index in [0.29, 0.717) is 16.6 Å². The maximum absolute atomic E-state index is 5.96. The molecule has 2 N–H and O–H groups in total. The molecule has 0 aliphatic heterocycles. The molecule has 0 aliphatic carbocycles. The minimum atomic E-state index is 0.519. The minimum Gasteiger partial charge on any atom is -0.497 e. The summed E-state index contributed by atoms with van der Waals surface area (Å²) >= 11 is 1.44. The second-order valence-electron chi connectivity index (χ2n) is 5.03. The third-order valence-corrected chi connectivity index (χ3v) is 4.59. The molecular formula is C18H18N2O3S. The average Bonchev–Trinajstić information content (AvgIpc) is 3.03. The van der Waals surface area contributed by atoms with Crippen LogP contribution in [0.1, 0.15) is 0 Å². The molecule has 3 rings (SSSR count). The normalized spacial score (nSPS) is 10.5. The Morgan fingerprint density at radius 3 is 2.12 bits per heavy atom. The third kappa shape index (κ3) is 3.00. The Morgan fingerprint density at radius 1 is 0.833 bits per heavy atom. The summed E-state index contributed by atoms with van der Waals surface area (Å²) in [5.41, 5.74) is 8.76. The molecule has 1 heterocycles. The van der Waals surface area contributed by atoms with Gasteiger partial charge in [-0.05, 0) is 48.0 Å². The number of ether oxygens (including phenoxy) is 3. The monoisotopic (exact) mass is 342 g/mol. The van der Waals surface area contributed by atoms with E-state index in [0.717, 1.165) is 27.4 Å². The van der Waals surface area contributed by atoms with Crippen molar-refractivity contribution in [1.29, 1.82) is 0 Å². The van der Waals surface area contributed by atoms with Crippen LogP contribution in [-0.4, -0.2) is 26.3 Å². The molecule has 0 fully saturated rings. The van der Waals surface area contributed by atoms with E-state index in [2.05, 4.69) is 4.98 Å². The topological polar surface area (TPSA) is 66.6 Å². The zero-order chi connectivity index (χ0) is 17.1. The molecule has 1 aromatic heterocycles. The van der Waals surface area contributed by atoms with Crippen LogP contribution in [-0.2, 0) is 0 Å². The van der Waals surface area contributed by atoms with E-state index in [4.69, 9.17) is 19.9 Å². The number of anilines is 1. The van der Waals surface area contributed by atoms with E-state index in [9.17, 15) is 0 Å². The first-order valence-electron chi connectivity index (χ1n) is 7.29. The summed E-state index contributed by atoms with van der Waals surface area (Å²) in [5.74, 6) is 2.15. The van der Waals surface area contributed by atoms with Crippen LogP contribution in [0.2, 0.25) is 0 Å². The first-order chi connectivity index (χ1) is 11.7. The van der Waals surface area contributed by atoms with Crippen molar-refractivity contribution >= 4 is 16.5 Å². The van der Waals surface area contributed by atoms with Crippen molar-refractivity contribution in [2.45, 2.75) is 0 Å². The number of nitrogen functional groups attached to an aromatic ring is 1. The number of nitrogens with zero attached hydrogens (tertiary/aromatic N) is 1. The van der Waals surface area contributed by atoms with Gasteiger partial charge in [0, 0.05) is 5.56 Å². The van der Waals surface area contributed by atoms with Crippen molar-refractivity contribution in [3.05, 3.63) is 42.5 Å². The number of rotatable bonds is 5. The summed E-state index contributed by atoms with van der Waals surface area (Å²) in [6.07, 6.45) is 0. The maximum Gasteiger partial charge on any atom is 0.181 e. The molecule has 3 aromatic rings. The van der Waals surface area contributed by atoms with Crippen molar-refractivity contribution in [2.24, 2.45) is 0 Å². The van der Waals surface area contributed by atoms with Crippen LogP contribution in [0.25, 0.3) is 21.7 Å². The van der Waals surface area contributed by atoms with E-state index in [-0.39, 0.29) is 0 Å². The molecule has 0 radical (unpaired) electrons. The van der Waals surface area contributed by atoms with Gasteiger partial charge < -0.3 is 19.9 Å². The molecular weight excluding hydrogens is 324 g/mol. The summed E-state index contributed by atoms with van der Waals surface area (Å²) in [4.78, 5) is 5.48. The molecule has 0 unspecified atom stereocenters. The average molecular weight is 342 g/mol. The third-order valence-electron chi connectivity index (χ3n) is 3.65. The van der Waals surface area contributed by atoms with Gasteiger partial charge in [-0.15, -0.1) is 0 Å². The van der Waals surface area contributed by atoms with Gasteiger partial charge in [-0.1, -0.05) is 11.3 Å². The highest BCUT2D eigenvalue weighted by atomic mass is 32.1. The lowest BCUT2D eigenvalue weighted by molar-refractivity contribution is 0.355. The van der Waals surface area contributed by atoms with Crippen LogP contribution in [0, 0.1) is 0 Å². The molecule has 124 valence electrons. The fraction of sp³-hybridized carbons (Fsp3) is 0.167. The van der Waals surface area contributed by atoms with Crippen molar-refractivity contribution in [2.75, 3.05) is 27.1 Å². The Kier molecular flexibility index (Phi) is 4.57. The highest BCUT2D eigenvalue weighted by Crippen LogP contribution is 2.41. The molecule has 0 saturated heterocycles. The molecule has 0 spiro atoms. The predicted octanol–water partition coefficient (Wildman–Crippen LogP) is 4.09. The summed E-state index contributed by atoms with van der Waals surface area (Å²) in [6, 6.07) is 13.5. The highest BCUT2D eigenvalue weighted by molar-refractivity contribution is 7.19. The van der Waals surface area contributed by atoms with Gasteiger partial charge in [-0.25, -0.2) is 4.98 Å². The first kappa shape index (κ1) is 16.1. The van der Waals surface area contributed by atoms with Gasteiger partial charge in [0.2, 0.25) is 0 Å². The largest absolute Gasteiger partial charge is 0.497 e. The fourth-order valence-corrected chi connectivity index (χ4v) is 3.31. The van der Waals surface area contributed by atoms with Gasteiger partial charge in [0.15, 0.2) is 16.6 Å². The number of methoxy groups -OCH3 is 3. The second-order valence-corrected chi connectivity index (χ2v) is 6.06. The number of hydrogen-bond donors (Lipinski definition) is 1. The Morgan fingerprint density at radius 2 is 1.50 bits per heavy atom. The van der Waals surface area contributed by atoms with Crippen LogP contribution in [0.5, 0.6) is 17.2 Å². The van der Waals surface area contributed by atoms with E-state index < -0.39 is 0 Å². The van der Waals surface area contributed by atoms with Gasteiger partial charge in [0.25, 0.3) is 0 Å².